The first kappa shape index (κ1) is 17.6. The Kier molecular flexibility index (Phi) is 6.54. The maximum atomic E-state index is 12.2. The molecule has 1 heterocycles. The standard InChI is InChI=1S/C17H23ClN2O.ClH/c18-15-6-4-14(5-7-15)17(13-2-3-13)20-16(21)8-1-12-9-10-19-11-12;/h4-7,12-13,17,19H,1-3,8-11H2,(H,20,21);1H. The fourth-order valence-electron chi connectivity index (χ4n) is 3.11. The molecule has 122 valence electrons. The number of rotatable bonds is 6. The summed E-state index contributed by atoms with van der Waals surface area (Å²) in [6, 6.07) is 8.04. The van der Waals surface area contributed by atoms with Crippen molar-refractivity contribution in [2.75, 3.05) is 13.1 Å². The maximum absolute atomic E-state index is 12.2. The van der Waals surface area contributed by atoms with Crippen LogP contribution in [0.4, 0.5) is 0 Å². The Labute approximate surface area is 143 Å². The monoisotopic (exact) mass is 342 g/mol. The van der Waals surface area contributed by atoms with Gasteiger partial charge in [-0.05, 0) is 68.3 Å². The third-order valence-electron chi connectivity index (χ3n) is 4.58. The smallest absolute Gasteiger partial charge is 0.220 e. The van der Waals surface area contributed by atoms with Gasteiger partial charge in [0.1, 0.15) is 0 Å². The van der Waals surface area contributed by atoms with Crippen molar-refractivity contribution < 1.29 is 4.79 Å². The minimum Gasteiger partial charge on any atom is -0.349 e. The lowest BCUT2D eigenvalue weighted by Gasteiger charge is -2.19. The third kappa shape index (κ3) is 4.87. The van der Waals surface area contributed by atoms with Gasteiger partial charge in [0.25, 0.3) is 0 Å². The highest BCUT2D eigenvalue weighted by atomic mass is 35.5. The van der Waals surface area contributed by atoms with E-state index in [-0.39, 0.29) is 24.4 Å². The molecule has 0 bridgehead atoms. The van der Waals surface area contributed by atoms with E-state index in [4.69, 9.17) is 11.6 Å². The Morgan fingerprint density at radius 2 is 2.00 bits per heavy atom. The number of amides is 1. The number of hydrogen-bond acceptors (Lipinski definition) is 2. The largest absolute Gasteiger partial charge is 0.349 e. The Morgan fingerprint density at radius 3 is 2.59 bits per heavy atom. The van der Waals surface area contributed by atoms with E-state index in [9.17, 15) is 4.79 Å². The molecule has 3 rings (SSSR count). The summed E-state index contributed by atoms with van der Waals surface area (Å²) >= 11 is 5.95. The van der Waals surface area contributed by atoms with E-state index in [1.54, 1.807) is 0 Å². The molecule has 1 aromatic carbocycles. The molecule has 2 aliphatic rings. The first-order valence-electron chi connectivity index (χ1n) is 7.98. The van der Waals surface area contributed by atoms with Crippen LogP contribution in [0.25, 0.3) is 0 Å². The van der Waals surface area contributed by atoms with Crippen LogP contribution in [0.3, 0.4) is 0 Å². The van der Waals surface area contributed by atoms with Crippen LogP contribution in [-0.2, 0) is 4.79 Å². The van der Waals surface area contributed by atoms with Gasteiger partial charge in [-0.25, -0.2) is 0 Å². The SMILES string of the molecule is Cl.O=C(CCC1CCNC1)NC(c1ccc(Cl)cc1)C1CC1. The van der Waals surface area contributed by atoms with Gasteiger partial charge >= 0.3 is 0 Å². The minimum atomic E-state index is 0. The first-order valence-corrected chi connectivity index (χ1v) is 8.36. The molecular weight excluding hydrogens is 319 g/mol. The van der Waals surface area contributed by atoms with Gasteiger partial charge in [0.15, 0.2) is 0 Å². The van der Waals surface area contributed by atoms with E-state index in [0.717, 1.165) is 24.5 Å². The molecule has 22 heavy (non-hydrogen) atoms. The predicted octanol–water partition coefficient (Wildman–Crippen LogP) is 3.72. The Morgan fingerprint density at radius 1 is 1.27 bits per heavy atom. The van der Waals surface area contributed by atoms with Crippen LogP contribution in [0.1, 0.15) is 43.7 Å². The molecule has 2 N–H and O–H groups in total. The summed E-state index contributed by atoms with van der Waals surface area (Å²) in [6.07, 6.45) is 5.26. The number of carbonyl (C=O) groups excluding carboxylic acids is 1. The van der Waals surface area contributed by atoms with Crippen LogP contribution in [-0.4, -0.2) is 19.0 Å². The fraction of sp³-hybridized carbons (Fsp3) is 0.588. The molecule has 1 saturated heterocycles. The highest BCUT2D eigenvalue weighted by molar-refractivity contribution is 6.30. The Hall–Kier alpha value is -0.770. The molecule has 2 fully saturated rings. The van der Waals surface area contributed by atoms with Gasteiger partial charge in [-0.15, -0.1) is 12.4 Å². The van der Waals surface area contributed by atoms with Crippen molar-refractivity contribution >= 4 is 29.9 Å². The van der Waals surface area contributed by atoms with Gasteiger partial charge in [0, 0.05) is 11.4 Å². The molecule has 2 unspecified atom stereocenters. The second kappa shape index (κ2) is 8.19. The van der Waals surface area contributed by atoms with E-state index in [2.05, 4.69) is 10.6 Å². The van der Waals surface area contributed by atoms with E-state index in [0.29, 0.717) is 18.3 Å². The second-order valence-corrected chi connectivity index (χ2v) is 6.77. The summed E-state index contributed by atoms with van der Waals surface area (Å²) in [4.78, 5) is 12.2. The number of carbonyl (C=O) groups is 1. The summed E-state index contributed by atoms with van der Waals surface area (Å²) in [7, 11) is 0. The van der Waals surface area contributed by atoms with Crippen LogP contribution in [0.5, 0.6) is 0 Å². The zero-order chi connectivity index (χ0) is 14.7. The molecular formula is C17H24Cl2N2O. The normalized spacial score (nSPS) is 22.0. The number of benzene rings is 1. The Bertz CT molecular complexity index is 482. The molecule has 0 radical (unpaired) electrons. The molecule has 1 saturated carbocycles. The zero-order valence-corrected chi connectivity index (χ0v) is 14.3. The van der Waals surface area contributed by atoms with Gasteiger partial charge in [-0.2, -0.15) is 0 Å². The summed E-state index contributed by atoms with van der Waals surface area (Å²) < 4.78 is 0. The van der Waals surface area contributed by atoms with E-state index < -0.39 is 0 Å². The van der Waals surface area contributed by atoms with Gasteiger partial charge in [0.05, 0.1) is 6.04 Å². The molecule has 2 atom stereocenters. The molecule has 5 heteroatoms. The van der Waals surface area contributed by atoms with E-state index >= 15 is 0 Å². The van der Waals surface area contributed by atoms with Crippen molar-refractivity contribution in [2.45, 2.75) is 38.1 Å². The van der Waals surface area contributed by atoms with Gasteiger partial charge in [-0.1, -0.05) is 23.7 Å². The number of hydrogen-bond donors (Lipinski definition) is 2. The van der Waals surface area contributed by atoms with Crippen molar-refractivity contribution in [1.82, 2.24) is 10.6 Å². The van der Waals surface area contributed by atoms with E-state index in [1.807, 2.05) is 24.3 Å². The lowest BCUT2D eigenvalue weighted by Crippen LogP contribution is -2.30. The minimum absolute atomic E-state index is 0. The molecule has 1 aliphatic heterocycles. The zero-order valence-electron chi connectivity index (χ0n) is 12.7. The number of halogens is 2. The van der Waals surface area contributed by atoms with Crippen molar-refractivity contribution in [3.05, 3.63) is 34.9 Å². The van der Waals surface area contributed by atoms with Crippen LogP contribution < -0.4 is 10.6 Å². The van der Waals surface area contributed by atoms with Crippen LogP contribution >= 0.6 is 24.0 Å². The topological polar surface area (TPSA) is 41.1 Å². The lowest BCUT2D eigenvalue weighted by molar-refractivity contribution is -0.122. The Balaban J connectivity index is 0.00000176. The van der Waals surface area contributed by atoms with Crippen LogP contribution in [0.15, 0.2) is 24.3 Å². The third-order valence-corrected chi connectivity index (χ3v) is 4.83. The summed E-state index contributed by atoms with van der Waals surface area (Å²) in [5.74, 6) is 1.46. The summed E-state index contributed by atoms with van der Waals surface area (Å²) in [6.45, 7) is 2.16. The van der Waals surface area contributed by atoms with Gasteiger partial charge in [0.2, 0.25) is 5.91 Å². The molecule has 1 amide bonds. The van der Waals surface area contributed by atoms with Crippen molar-refractivity contribution in [3.63, 3.8) is 0 Å². The molecule has 1 aliphatic carbocycles. The first-order chi connectivity index (χ1) is 10.2. The average Bonchev–Trinajstić information content (AvgIpc) is 3.19. The highest BCUT2D eigenvalue weighted by Crippen LogP contribution is 2.41. The fourth-order valence-corrected chi connectivity index (χ4v) is 3.24. The average molecular weight is 343 g/mol. The molecule has 0 aromatic heterocycles. The van der Waals surface area contributed by atoms with Crippen LogP contribution in [0, 0.1) is 11.8 Å². The molecule has 3 nitrogen and oxygen atoms in total. The predicted molar refractivity (Wildman–Crippen MR) is 92.5 cm³/mol. The lowest BCUT2D eigenvalue weighted by atomic mass is 10.00. The van der Waals surface area contributed by atoms with Crippen molar-refractivity contribution in [1.29, 1.82) is 0 Å². The number of nitrogens with one attached hydrogen (secondary N) is 2. The summed E-state index contributed by atoms with van der Waals surface area (Å²) in [5, 5.41) is 7.33. The second-order valence-electron chi connectivity index (χ2n) is 6.33. The van der Waals surface area contributed by atoms with Crippen molar-refractivity contribution in [3.8, 4) is 0 Å². The van der Waals surface area contributed by atoms with Crippen molar-refractivity contribution in [2.24, 2.45) is 11.8 Å². The maximum Gasteiger partial charge on any atom is 0.220 e. The molecule has 0 spiro atoms. The van der Waals surface area contributed by atoms with Gasteiger partial charge < -0.3 is 10.6 Å². The molecule has 1 aromatic rings. The van der Waals surface area contributed by atoms with E-state index in [1.165, 1.54) is 24.8 Å². The van der Waals surface area contributed by atoms with Gasteiger partial charge in [-0.3, -0.25) is 4.79 Å². The van der Waals surface area contributed by atoms with Crippen LogP contribution in [0.2, 0.25) is 5.02 Å². The quantitative estimate of drug-likeness (QED) is 0.827. The summed E-state index contributed by atoms with van der Waals surface area (Å²) in [5.41, 5.74) is 1.18. The highest BCUT2D eigenvalue weighted by Gasteiger charge is 2.33.